The van der Waals surface area contributed by atoms with E-state index in [0.29, 0.717) is 0 Å². The van der Waals surface area contributed by atoms with E-state index < -0.39 is 0 Å². The highest BCUT2D eigenvalue weighted by molar-refractivity contribution is 4.43. The molecule has 0 aromatic heterocycles. The van der Waals surface area contributed by atoms with Gasteiger partial charge in [0, 0.05) is 6.61 Å². The van der Waals surface area contributed by atoms with Gasteiger partial charge in [-0.2, -0.15) is 0 Å². The van der Waals surface area contributed by atoms with Gasteiger partial charge in [0.05, 0.1) is 13.4 Å². The van der Waals surface area contributed by atoms with Crippen LogP contribution in [0, 0.1) is 0 Å². The SMILES string of the molecule is C=COC.CCO. The Morgan fingerprint density at radius 1 is 1.86 bits per heavy atom. The Morgan fingerprint density at radius 2 is 2.00 bits per heavy atom. The summed E-state index contributed by atoms with van der Waals surface area (Å²) in [5.74, 6) is 0. The van der Waals surface area contributed by atoms with Crippen LogP contribution in [0.25, 0.3) is 0 Å². The minimum Gasteiger partial charge on any atom is -0.505 e. The van der Waals surface area contributed by atoms with E-state index in [1.165, 1.54) is 6.26 Å². The molecule has 0 aromatic carbocycles. The van der Waals surface area contributed by atoms with Crippen molar-refractivity contribution < 1.29 is 9.84 Å². The van der Waals surface area contributed by atoms with Crippen molar-refractivity contribution in [2.75, 3.05) is 13.7 Å². The van der Waals surface area contributed by atoms with Crippen molar-refractivity contribution in [2.24, 2.45) is 0 Å². The number of methoxy groups -OCH3 is 1. The summed E-state index contributed by atoms with van der Waals surface area (Å²) in [7, 11) is 1.56. The van der Waals surface area contributed by atoms with Crippen molar-refractivity contribution in [3.05, 3.63) is 12.8 Å². The summed E-state index contributed by atoms with van der Waals surface area (Å²) < 4.78 is 4.31. The molecule has 0 saturated carbocycles. The lowest BCUT2D eigenvalue weighted by Gasteiger charge is -1.73. The molecule has 2 heteroatoms. The summed E-state index contributed by atoms with van der Waals surface area (Å²) in [5.41, 5.74) is 0. The van der Waals surface area contributed by atoms with E-state index in [-0.39, 0.29) is 6.61 Å². The molecule has 0 radical (unpaired) electrons. The van der Waals surface area contributed by atoms with Crippen LogP contribution in [0.2, 0.25) is 0 Å². The third-order valence-corrected chi connectivity index (χ3v) is 0.167. The smallest absolute Gasteiger partial charge is 0.0766 e. The number of hydrogen-bond acceptors (Lipinski definition) is 2. The lowest BCUT2D eigenvalue weighted by Crippen LogP contribution is -1.57. The maximum absolute atomic E-state index is 7.57. The lowest BCUT2D eigenvalue weighted by atomic mass is 10.9. The molecule has 0 heterocycles. The average Bonchev–Trinajstić information content (AvgIpc) is 1.69. The fraction of sp³-hybridized carbons (Fsp3) is 0.600. The van der Waals surface area contributed by atoms with Gasteiger partial charge in [0.2, 0.25) is 0 Å². The summed E-state index contributed by atoms with van der Waals surface area (Å²) in [6, 6.07) is 0. The summed E-state index contributed by atoms with van der Waals surface area (Å²) in [6.07, 6.45) is 1.38. The van der Waals surface area contributed by atoms with Crippen molar-refractivity contribution in [3.63, 3.8) is 0 Å². The number of aliphatic hydroxyl groups is 1. The Bertz CT molecular complexity index is 27.3. The molecule has 0 aromatic rings. The van der Waals surface area contributed by atoms with Gasteiger partial charge in [-0.1, -0.05) is 6.58 Å². The molecule has 0 saturated heterocycles. The normalized spacial score (nSPS) is 5.57. The molecule has 2 nitrogen and oxygen atoms in total. The third-order valence-electron chi connectivity index (χ3n) is 0.167. The van der Waals surface area contributed by atoms with E-state index >= 15 is 0 Å². The van der Waals surface area contributed by atoms with E-state index in [4.69, 9.17) is 5.11 Å². The molecule has 0 aliphatic rings. The first-order valence-corrected chi connectivity index (χ1v) is 2.08. The van der Waals surface area contributed by atoms with E-state index in [0.717, 1.165) is 0 Å². The quantitative estimate of drug-likeness (QED) is 0.498. The van der Waals surface area contributed by atoms with Gasteiger partial charge in [-0.3, -0.25) is 0 Å². The van der Waals surface area contributed by atoms with E-state index in [1.54, 1.807) is 14.0 Å². The van der Waals surface area contributed by atoms with Crippen molar-refractivity contribution in [2.45, 2.75) is 6.92 Å². The molecule has 7 heavy (non-hydrogen) atoms. The largest absolute Gasteiger partial charge is 0.505 e. The zero-order valence-corrected chi connectivity index (χ0v) is 4.85. The number of rotatable bonds is 1. The van der Waals surface area contributed by atoms with Crippen LogP contribution >= 0.6 is 0 Å². The highest BCUT2D eigenvalue weighted by Gasteiger charge is 1.36. The minimum atomic E-state index is 0.250. The zero-order chi connectivity index (χ0) is 6.12. The maximum Gasteiger partial charge on any atom is 0.0766 e. The van der Waals surface area contributed by atoms with Crippen LogP contribution in [0.4, 0.5) is 0 Å². The second kappa shape index (κ2) is 17.8. The highest BCUT2D eigenvalue weighted by Crippen LogP contribution is 1.52. The van der Waals surface area contributed by atoms with Crippen LogP contribution in [0.5, 0.6) is 0 Å². The molecule has 0 aliphatic heterocycles. The molecule has 0 spiro atoms. The monoisotopic (exact) mass is 104 g/mol. The Balaban J connectivity index is 0. The minimum absolute atomic E-state index is 0.250. The fourth-order valence-electron chi connectivity index (χ4n) is 0. The molecular formula is C5H12O2. The second-order valence-electron chi connectivity index (χ2n) is 0.719. The first-order valence-electron chi connectivity index (χ1n) is 2.08. The summed E-state index contributed by atoms with van der Waals surface area (Å²) in [6.45, 7) is 5.19. The molecular weight excluding hydrogens is 92.1 g/mol. The highest BCUT2D eigenvalue weighted by atomic mass is 16.5. The molecule has 0 unspecified atom stereocenters. The predicted molar refractivity (Wildman–Crippen MR) is 30.0 cm³/mol. The Hall–Kier alpha value is -0.500. The van der Waals surface area contributed by atoms with Crippen molar-refractivity contribution in [1.82, 2.24) is 0 Å². The molecule has 0 aliphatic carbocycles. The average molecular weight is 104 g/mol. The Labute approximate surface area is 44.4 Å². The number of aliphatic hydroxyl groups excluding tert-OH is 1. The first-order chi connectivity index (χ1) is 3.33. The van der Waals surface area contributed by atoms with Gasteiger partial charge in [0.25, 0.3) is 0 Å². The van der Waals surface area contributed by atoms with E-state index in [1.807, 2.05) is 0 Å². The van der Waals surface area contributed by atoms with Gasteiger partial charge >= 0.3 is 0 Å². The second-order valence-corrected chi connectivity index (χ2v) is 0.719. The van der Waals surface area contributed by atoms with Gasteiger partial charge in [-0.05, 0) is 6.92 Å². The lowest BCUT2D eigenvalue weighted by molar-refractivity contribution is 0.318. The van der Waals surface area contributed by atoms with E-state index in [9.17, 15) is 0 Å². The number of hydrogen-bond donors (Lipinski definition) is 1. The van der Waals surface area contributed by atoms with Crippen molar-refractivity contribution in [3.8, 4) is 0 Å². The summed E-state index contributed by atoms with van der Waals surface area (Å²) in [4.78, 5) is 0. The molecule has 0 amide bonds. The standard InChI is InChI=1S/C3H6O.C2H6O/c1-3-4-2;1-2-3/h3H,1H2,2H3;3H,2H2,1H3. The first kappa shape index (κ1) is 9.71. The van der Waals surface area contributed by atoms with Crippen LogP contribution < -0.4 is 0 Å². The van der Waals surface area contributed by atoms with E-state index in [2.05, 4.69) is 11.3 Å². The topological polar surface area (TPSA) is 29.5 Å². The molecule has 44 valence electrons. The van der Waals surface area contributed by atoms with Gasteiger partial charge in [0.1, 0.15) is 0 Å². The predicted octanol–water partition coefficient (Wildman–Crippen LogP) is 0.775. The molecule has 0 rings (SSSR count). The molecule has 1 N–H and O–H groups in total. The summed E-state index contributed by atoms with van der Waals surface area (Å²) >= 11 is 0. The van der Waals surface area contributed by atoms with Crippen LogP contribution in [0.3, 0.4) is 0 Å². The molecule has 0 bridgehead atoms. The van der Waals surface area contributed by atoms with Gasteiger partial charge < -0.3 is 9.84 Å². The van der Waals surface area contributed by atoms with Crippen LogP contribution in [-0.4, -0.2) is 18.8 Å². The third kappa shape index (κ3) is 270. The summed E-state index contributed by atoms with van der Waals surface area (Å²) in [5, 5.41) is 7.57. The van der Waals surface area contributed by atoms with Crippen LogP contribution in [0.1, 0.15) is 6.92 Å². The number of ether oxygens (including phenoxy) is 1. The fourth-order valence-corrected chi connectivity index (χ4v) is 0. The van der Waals surface area contributed by atoms with Crippen LogP contribution in [-0.2, 0) is 4.74 Å². The molecule has 0 fully saturated rings. The van der Waals surface area contributed by atoms with Crippen molar-refractivity contribution >= 4 is 0 Å². The van der Waals surface area contributed by atoms with Gasteiger partial charge in [-0.25, -0.2) is 0 Å². The Kier molecular flexibility index (Phi) is 24.7. The van der Waals surface area contributed by atoms with Crippen LogP contribution in [0.15, 0.2) is 12.8 Å². The molecule has 0 atom stereocenters. The zero-order valence-electron chi connectivity index (χ0n) is 4.85. The maximum atomic E-state index is 7.57. The van der Waals surface area contributed by atoms with Gasteiger partial charge in [0.15, 0.2) is 0 Å². The van der Waals surface area contributed by atoms with Gasteiger partial charge in [-0.15, -0.1) is 0 Å². The van der Waals surface area contributed by atoms with Crippen molar-refractivity contribution in [1.29, 1.82) is 0 Å². The Morgan fingerprint density at radius 3 is 2.00 bits per heavy atom.